The van der Waals surface area contributed by atoms with E-state index in [2.05, 4.69) is 36.8 Å². The van der Waals surface area contributed by atoms with Gasteiger partial charge in [0, 0.05) is 58.4 Å². The zero-order valence-corrected chi connectivity index (χ0v) is 18.9. The molecular weight excluding hydrogens is 392 g/mol. The third-order valence-electron chi connectivity index (χ3n) is 5.82. The smallest absolute Gasteiger partial charge is 0.225 e. The number of piperidine rings is 1. The van der Waals surface area contributed by atoms with E-state index in [4.69, 9.17) is 4.74 Å². The van der Waals surface area contributed by atoms with E-state index in [1.807, 2.05) is 18.2 Å². The number of hydrogen-bond donors (Lipinski definition) is 3. The minimum absolute atomic E-state index is 0.0480. The number of aliphatic imine (C=N–C) groups is 1. The summed E-state index contributed by atoms with van der Waals surface area (Å²) in [6.45, 7) is 9.10. The number of hydrogen-bond acceptors (Lipinski definition) is 5. The minimum Gasteiger partial charge on any atom is -0.379 e. The highest BCUT2D eigenvalue weighted by molar-refractivity contribution is 5.90. The average molecular weight is 431 g/mol. The standard InChI is InChI=1S/C23H38N6O2/c1-24-23(25-9-13-28-10-3-2-4-11-28)26-19-20-6-5-7-21(18-20)27-22(30)8-12-29-14-16-31-17-15-29/h5-7,18H,2-4,8-17,19H2,1H3,(H,27,30)(H2,24,25,26). The molecule has 31 heavy (non-hydrogen) atoms. The zero-order valence-electron chi connectivity index (χ0n) is 18.9. The fraction of sp³-hybridized carbons (Fsp3) is 0.652. The van der Waals surface area contributed by atoms with Crippen molar-refractivity contribution < 1.29 is 9.53 Å². The Morgan fingerprint density at radius 2 is 1.81 bits per heavy atom. The van der Waals surface area contributed by atoms with E-state index in [1.165, 1.54) is 32.4 Å². The van der Waals surface area contributed by atoms with Crippen molar-refractivity contribution in [1.82, 2.24) is 20.4 Å². The van der Waals surface area contributed by atoms with Crippen molar-refractivity contribution in [3.63, 3.8) is 0 Å². The van der Waals surface area contributed by atoms with E-state index in [0.717, 1.165) is 63.1 Å². The van der Waals surface area contributed by atoms with Gasteiger partial charge in [-0.05, 0) is 43.6 Å². The summed E-state index contributed by atoms with van der Waals surface area (Å²) in [6.07, 6.45) is 4.48. The summed E-state index contributed by atoms with van der Waals surface area (Å²) >= 11 is 0. The Bertz CT molecular complexity index is 699. The van der Waals surface area contributed by atoms with E-state index < -0.39 is 0 Å². The number of guanidine groups is 1. The first-order valence-corrected chi connectivity index (χ1v) is 11.6. The minimum atomic E-state index is 0.0480. The van der Waals surface area contributed by atoms with E-state index in [9.17, 15) is 4.79 Å². The average Bonchev–Trinajstić information content (AvgIpc) is 2.81. The van der Waals surface area contributed by atoms with E-state index in [-0.39, 0.29) is 5.91 Å². The lowest BCUT2D eigenvalue weighted by molar-refractivity contribution is -0.116. The number of morpholine rings is 1. The van der Waals surface area contributed by atoms with Gasteiger partial charge in [-0.15, -0.1) is 0 Å². The molecule has 1 amide bonds. The Balaban J connectivity index is 1.36. The summed E-state index contributed by atoms with van der Waals surface area (Å²) in [4.78, 5) is 21.4. The third-order valence-corrected chi connectivity index (χ3v) is 5.82. The second-order valence-corrected chi connectivity index (χ2v) is 8.21. The number of anilines is 1. The predicted molar refractivity (Wildman–Crippen MR) is 125 cm³/mol. The van der Waals surface area contributed by atoms with Crippen LogP contribution in [0.5, 0.6) is 0 Å². The first-order chi connectivity index (χ1) is 15.2. The zero-order chi connectivity index (χ0) is 21.7. The fourth-order valence-corrected chi connectivity index (χ4v) is 3.99. The molecule has 0 atom stereocenters. The molecule has 0 spiro atoms. The molecule has 8 nitrogen and oxygen atoms in total. The lowest BCUT2D eigenvalue weighted by Crippen LogP contribution is -2.42. The van der Waals surface area contributed by atoms with Crippen molar-refractivity contribution in [2.24, 2.45) is 4.99 Å². The molecule has 0 radical (unpaired) electrons. The van der Waals surface area contributed by atoms with Gasteiger partial charge in [0.05, 0.1) is 13.2 Å². The SMILES string of the molecule is CN=C(NCCN1CCCCC1)NCc1cccc(NC(=O)CCN2CCOCC2)c1. The van der Waals surface area contributed by atoms with Crippen LogP contribution in [0.25, 0.3) is 0 Å². The van der Waals surface area contributed by atoms with Gasteiger partial charge in [-0.1, -0.05) is 18.6 Å². The van der Waals surface area contributed by atoms with Crippen LogP contribution in [0.1, 0.15) is 31.2 Å². The Morgan fingerprint density at radius 3 is 2.58 bits per heavy atom. The van der Waals surface area contributed by atoms with Crippen molar-refractivity contribution in [3.05, 3.63) is 29.8 Å². The summed E-state index contributed by atoms with van der Waals surface area (Å²) in [6, 6.07) is 7.97. The van der Waals surface area contributed by atoms with Gasteiger partial charge in [0.1, 0.15) is 0 Å². The first-order valence-electron chi connectivity index (χ1n) is 11.6. The molecule has 2 saturated heterocycles. The van der Waals surface area contributed by atoms with E-state index >= 15 is 0 Å². The Kier molecular flexibility index (Phi) is 10.1. The van der Waals surface area contributed by atoms with Crippen LogP contribution in [-0.4, -0.2) is 87.7 Å². The maximum atomic E-state index is 12.3. The maximum absolute atomic E-state index is 12.3. The molecule has 0 saturated carbocycles. The summed E-state index contributed by atoms with van der Waals surface area (Å²) in [5.74, 6) is 0.851. The molecular formula is C23H38N6O2. The van der Waals surface area contributed by atoms with Crippen LogP contribution in [0.4, 0.5) is 5.69 Å². The molecule has 0 aromatic heterocycles. The fourth-order valence-electron chi connectivity index (χ4n) is 3.99. The van der Waals surface area contributed by atoms with Crippen LogP contribution >= 0.6 is 0 Å². The Hall–Kier alpha value is -2.16. The molecule has 8 heteroatoms. The van der Waals surface area contributed by atoms with Gasteiger partial charge >= 0.3 is 0 Å². The quantitative estimate of drug-likeness (QED) is 0.407. The Morgan fingerprint density at radius 1 is 1.03 bits per heavy atom. The van der Waals surface area contributed by atoms with Gasteiger partial charge in [-0.2, -0.15) is 0 Å². The molecule has 1 aromatic carbocycles. The van der Waals surface area contributed by atoms with Gasteiger partial charge in [0.25, 0.3) is 0 Å². The molecule has 1 aromatic rings. The van der Waals surface area contributed by atoms with Crippen LogP contribution < -0.4 is 16.0 Å². The molecule has 2 fully saturated rings. The van der Waals surface area contributed by atoms with Gasteiger partial charge in [0.2, 0.25) is 5.91 Å². The maximum Gasteiger partial charge on any atom is 0.225 e. The number of amides is 1. The van der Waals surface area contributed by atoms with Crippen molar-refractivity contribution in [1.29, 1.82) is 0 Å². The molecule has 2 heterocycles. The lowest BCUT2D eigenvalue weighted by atomic mass is 10.1. The highest BCUT2D eigenvalue weighted by atomic mass is 16.5. The topological polar surface area (TPSA) is 81.2 Å². The monoisotopic (exact) mass is 430 g/mol. The second-order valence-electron chi connectivity index (χ2n) is 8.21. The number of nitrogens with one attached hydrogen (secondary N) is 3. The van der Waals surface area contributed by atoms with Crippen LogP contribution in [0, 0.1) is 0 Å². The molecule has 3 rings (SSSR count). The highest BCUT2D eigenvalue weighted by Gasteiger charge is 2.12. The summed E-state index contributed by atoms with van der Waals surface area (Å²) < 4.78 is 5.35. The van der Waals surface area contributed by atoms with Crippen LogP contribution in [0.3, 0.4) is 0 Å². The second kappa shape index (κ2) is 13.3. The molecule has 2 aliphatic heterocycles. The largest absolute Gasteiger partial charge is 0.379 e. The highest BCUT2D eigenvalue weighted by Crippen LogP contribution is 2.11. The predicted octanol–water partition coefficient (Wildman–Crippen LogP) is 1.50. The van der Waals surface area contributed by atoms with Crippen LogP contribution in [0.2, 0.25) is 0 Å². The number of likely N-dealkylation sites (tertiary alicyclic amines) is 1. The summed E-state index contributed by atoms with van der Waals surface area (Å²) in [7, 11) is 1.79. The number of nitrogens with zero attached hydrogens (tertiary/aromatic N) is 3. The van der Waals surface area contributed by atoms with Crippen molar-refractivity contribution in [2.45, 2.75) is 32.2 Å². The molecule has 0 bridgehead atoms. The number of rotatable bonds is 9. The normalized spacial score (nSPS) is 18.5. The van der Waals surface area contributed by atoms with Gasteiger partial charge in [-0.3, -0.25) is 14.7 Å². The van der Waals surface area contributed by atoms with Gasteiger partial charge in [-0.25, -0.2) is 0 Å². The van der Waals surface area contributed by atoms with E-state index in [0.29, 0.717) is 13.0 Å². The van der Waals surface area contributed by atoms with Crippen molar-refractivity contribution in [3.8, 4) is 0 Å². The summed E-state index contributed by atoms with van der Waals surface area (Å²) in [5, 5.41) is 9.78. The lowest BCUT2D eigenvalue weighted by Gasteiger charge is -2.26. The van der Waals surface area contributed by atoms with Gasteiger partial charge < -0.3 is 25.6 Å². The number of benzene rings is 1. The molecule has 3 N–H and O–H groups in total. The van der Waals surface area contributed by atoms with Crippen molar-refractivity contribution >= 4 is 17.6 Å². The number of ether oxygens (including phenoxy) is 1. The Labute approximate surface area is 186 Å². The third kappa shape index (κ3) is 8.85. The molecule has 172 valence electrons. The molecule has 2 aliphatic rings. The summed E-state index contributed by atoms with van der Waals surface area (Å²) in [5.41, 5.74) is 1.93. The van der Waals surface area contributed by atoms with Crippen LogP contribution in [0.15, 0.2) is 29.3 Å². The number of carbonyl (C=O) groups is 1. The molecule has 0 unspecified atom stereocenters. The molecule has 0 aliphatic carbocycles. The van der Waals surface area contributed by atoms with E-state index in [1.54, 1.807) is 7.05 Å². The van der Waals surface area contributed by atoms with Crippen molar-refractivity contribution in [2.75, 3.05) is 71.4 Å². The van der Waals surface area contributed by atoms with Gasteiger partial charge in [0.15, 0.2) is 5.96 Å². The van der Waals surface area contributed by atoms with Crippen LogP contribution in [-0.2, 0) is 16.1 Å². The first kappa shape index (κ1) is 23.5. The number of carbonyl (C=O) groups excluding carboxylic acids is 1.